The van der Waals surface area contributed by atoms with Crippen molar-refractivity contribution in [1.82, 2.24) is 10.2 Å². The molecule has 0 fully saturated rings. The minimum atomic E-state index is -0.513. The molecule has 150 valence electrons. The Hall–Kier alpha value is -3.40. The number of non-ortho nitro benzene ring substituents is 1. The zero-order chi connectivity index (χ0) is 20.8. The van der Waals surface area contributed by atoms with Gasteiger partial charge in [-0.2, -0.15) is 0 Å². The Morgan fingerprint density at radius 1 is 1.10 bits per heavy atom. The number of rotatable bonds is 9. The second-order valence-corrected chi connectivity index (χ2v) is 6.77. The molecule has 0 aliphatic carbocycles. The van der Waals surface area contributed by atoms with Gasteiger partial charge in [0.25, 0.3) is 10.9 Å². The summed E-state index contributed by atoms with van der Waals surface area (Å²) in [6, 6.07) is 10.9. The van der Waals surface area contributed by atoms with Gasteiger partial charge in [-0.3, -0.25) is 14.9 Å². The second-order valence-electron chi connectivity index (χ2n) is 5.84. The Kier molecular flexibility index (Phi) is 6.45. The summed E-state index contributed by atoms with van der Waals surface area (Å²) >= 11 is 1.11. The summed E-state index contributed by atoms with van der Waals surface area (Å²) in [5, 5.41) is 18.9. The van der Waals surface area contributed by atoms with E-state index >= 15 is 0 Å². The van der Waals surface area contributed by atoms with Crippen LogP contribution in [0.4, 0.5) is 5.69 Å². The van der Waals surface area contributed by atoms with Gasteiger partial charge < -0.3 is 13.9 Å². The molecule has 0 saturated heterocycles. The number of benzene rings is 2. The summed E-state index contributed by atoms with van der Waals surface area (Å²) in [7, 11) is 3.13. The third-order valence-corrected chi connectivity index (χ3v) is 4.80. The standard InChI is InChI=1S/C19H17N3O6S/c1-26-16-8-3-12(9-17(16)27-2)10-18-20-21-19(28-18)29-11-15(23)13-4-6-14(7-5-13)22(24)25/h3-9H,10-11H2,1-2H3. The summed E-state index contributed by atoms with van der Waals surface area (Å²) in [4.78, 5) is 22.4. The lowest BCUT2D eigenvalue weighted by Crippen LogP contribution is -2.02. The number of carbonyl (C=O) groups is 1. The normalized spacial score (nSPS) is 10.6. The Balaban J connectivity index is 1.59. The Morgan fingerprint density at radius 2 is 1.83 bits per heavy atom. The van der Waals surface area contributed by atoms with E-state index in [2.05, 4.69) is 10.2 Å². The van der Waals surface area contributed by atoms with Crippen LogP contribution in [0.3, 0.4) is 0 Å². The fourth-order valence-corrected chi connectivity index (χ4v) is 3.19. The highest BCUT2D eigenvalue weighted by molar-refractivity contribution is 7.99. The number of methoxy groups -OCH3 is 2. The van der Waals surface area contributed by atoms with Crippen molar-refractivity contribution in [3.8, 4) is 11.5 Å². The van der Waals surface area contributed by atoms with E-state index in [0.29, 0.717) is 29.4 Å². The highest BCUT2D eigenvalue weighted by atomic mass is 32.2. The summed E-state index contributed by atoms with van der Waals surface area (Å²) in [6.07, 6.45) is 0.407. The van der Waals surface area contributed by atoms with Gasteiger partial charge in [0.1, 0.15) is 0 Å². The minimum absolute atomic E-state index is 0.0640. The lowest BCUT2D eigenvalue weighted by Gasteiger charge is -2.08. The predicted octanol–water partition coefficient (Wildman–Crippen LogP) is 3.56. The quantitative estimate of drug-likeness (QED) is 0.224. The maximum Gasteiger partial charge on any atom is 0.277 e. The molecular formula is C19H17N3O6S. The van der Waals surface area contributed by atoms with E-state index in [4.69, 9.17) is 13.9 Å². The molecule has 10 heteroatoms. The van der Waals surface area contributed by atoms with Gasteiger partial charge in [-0.1, -0.05) is 17.8 Å². The summed E-state index contributed by atoms with van der Waals surface area (Å²) in [5.41, 5.74) is 1.23. The van der Waals surface area contributed by atoms with Gasteiger partial charge in [-0.05, 0) is 29.8 Å². The van der Waals surface area contributed by atoms with Crippen molar-refractivity contribution in [3.05, 3.63) is 69.6 Å². The van der Waals surface area contributed by atoms with Crippen LogP contribution < -0.4 is 9.47 Å². The summed E-state index contributed by atoms with van der Waals surface area (Å²) in [6.45, 7) is 0. The van der Waals surface area contributed by atoms with Gasteiger partial charge in [-0.25, -0.2) is 0 Å². The van der Waals surface area contributed by atoms with Gasteiger partial charge in [0, 0.05) is 17.7 Å². The molecule has 0 amide bonds. The molecule has 0 atom stereocenters. The van der Waals surface area contributed by atoms with Crippen LogP contribution in [0.15, 0.2) is 52.1 Å². The number of nitrogens with zero attached hydrogens (tertiary/aromatic N) is 3. The average molecular weight is 415 g/mol. The zero-order valence-electron chi connectivity index (χ0n) is 15.7. The van der Waals surface area contributed by atoms with Crippen molar-refractivity contribution in [2.24, 2.45) is 0 Å². The van der Waals surface area contributed by atoms with Crippen LogP contribution in [-0.2, 0) is 6.42 Å². The SMILES string of the molecule is COc1ccc(Cc2nnc(SCC(=O)c3ccc([N+](=O)[O-])cc3)o2)cc1OC. The monoisotopic (exact) mass is 415 g/mol. The first-order chi connectivity index (χ1) is 14.0. The molecule has 1 aromatic heterocycles. The molecular weight excluding hydrogens is 398 g/mol. The van der Waals surface area contributed by atoms with Crippen molar-refractivity contribution < 1.29 is 23.6 Å². The number of ether oxygens (including phenoxy) is 2. The van der Waals surface area contributed by atoms with Crippen LogP contribution in [0.1, 0.15) is 21.8 Å². The molecule has 0 saturated carbocycles. The molecule has 2 aromatic carbocycles. The number of ketones is 1. The van der Waals surface area contributed by atoms with Crippen LogP contribution in [-0.4, -0.2) is 40.9 Å². The highest BCUT2D eigenvalue weighted by Gasteiger charge is 2.14. The maximum absolute atomic E-state index is 12.2. The van der Waals surface area contributed by atoms with Gasteiger partial charge in [0.05, 0.1) is 31.3 Å². The van der Waals surface area contributed by atoms with Gasteiger partial charge >= 0.3 is 0 Å². The lowest BCUT2D eigenvalue weighted by atomic mass is 10.1. The number of nitro groups is 1. The number of aromatic nitrogens is 2. The molecule has 0 N–H and O–H groups in total. The lowest BCUT2D eigenvalue weighted by molar-refractivity contribution is -0.384. The molecule has 0 unspecified atom stereocenters. The van der Waals surface area contributed by atoms with Crippen molar-refractivity contribution in [3.63, 3.8) is 0 Å². The number of Topliss-reactive ketones (excluding diaryl/α,β-unsaturated/α-hetero) is 1. The number of hydrogen-bond donors (Lipinski definition) is 0. The van der Waals surface area contributed by atoms with Crippen LogP contribution >= 0.6 is 11.8 Å². The zero-order valence-corrected chi connectivity index (χ0v) is 16.5. The number of carbonyl (C=O) groups excluding carboxylic acids is 1. The first-order valence-corrected chi connectivity index (χ1v) is 9.42. The third kappa shape index (κ3) is 5.11. The van der Waals surface area contributed by atoms with E-state index < -0.39 is 4.92 Å². The van der Waals surface area contributed by atoms with Crippen molar-refractivity contribution >= 4 is 23.2 Å². The van der Waals surface area contributed by atoms with Crippen LogP contribution in [0.25, 0.3) is 0 Å². The van der Waals surface area contributed by atoms with Gasteiger partial charge in [0.15, 0.2) is 17.3 Å². The fraction of sp³-hybridized carbons (Fsp3) is 0.211. The first kappa shape index (κ1) is 20.3. The van der Waals surface area contributed by atoms with Gasteiger partial charge in [-0.15, -0.1) is 10.2 Å². The van der Waals surface area contributed by atoms with E-state index in [-0.39, 0.29) is 22.4 Å². The molecule has 0 bridgehead atoms. The van der Waals surface area contributed by atoms with E-state index in [0.717, 1.165) is 17.3 Å². The Morgan fingerprint density at radius 3 is 2.48 bits per heavy atom. The number of thioether (sulfide) groups is 1. The van der Waals surface area contributed by atoms with Gasteiger partial charge in [0.2, 0.25) is 5.89 Å². The average Bonchev–Trinajstić information content (AvgIpc) is 3.19. The molecule has 1 heterocycles. The molecule has 0 aliphatic heterocycles. The topological polar surface area (TPSA) is 118 Å². The second kappa shape index (κ2) is 9.20. The van der Waals surface area contributed by atoms with Crippen LogP contribution in [0, 0.1) is 10.1 Å². The highest BCUT2D eigenvalue weighted by Crippen LogP contribution is 2.28. The molecule has 9 nitrogen and oxygen atoms in total. The van der Waals surface area contributed by atoms with Crippen molar-refractivity contribution in [2.45, 2.75) is 11.6 Å². The molecule has 0 radical (unpaired) electrons. The molecule has 3 aromatic rings. The van der Waals surface area contributed by atoms with E-state index in [9.17, 15) is 14.9 Å². The Labute approximate surface area is 170 Å². The number of nitro benzene ring substituents is 1. The Bertz CT molecular complexity index is 1020. The van der Waals surface area contributed by atoms with Crippen LogP contribution in [0.5, 0.6) is 11.5 Å². The first-order valence-electron chi connectivity index (χ1n) is 8.44. The largest absolute Gasteiger partial charge is 0.493 e. The minimum Gasteiger partial charge on any atom is -0.493 e. The maximum atomic E-state index is 12.2. The van der Waals surface area contributed by atoms with E-state index in [1.807, 2.05) is 12.1 Å². The smallest absolute Gasteiger partial charge is 0.277 e. The summed E-state index contributed by atoms with van der Waals surface area (Å²) < 4.78 is 16.1. The predicted molar refractivity (Wildman–Crippen MR) is 105 cm³/mol. The third-order valence-electron chi connectivity index (χ3n) is 3.98. The molecule has 0 aliphatic rings. The fourth-order valence-electron chi connectivity index (χ4n) is 2.51. The summed E-state index contributed by atoms with van der Waals surface area (Å²) in [5.74, 6) is 1.53. The molecule has 3 rings (SSSR count). The number of hydrogen-bond acceptors (Lipinski definition) is 9. The molecule has 29 heavy (non-hydrogen) atoms. The van der Waals surface area contributed by atoms with Crippen LogP contribution in [0.2, 0.25) is 0 Å². The van der Waals surface area contributed by atoms with Crippen molar-refractivity contribution in [2.75, 3.05) is 20.0 Å². The van der Waals surface area contributed by atoms with E-state index in [1.54, 1.807) is 20.3 Å². The van der Waals surface area contributed by atoms with Crippen molar-refractivity contribution in [1.29, 1.82) is 0 Å². The van der Waals surface area contributed by atoms with E-state index in [1.165, 1.54) is 24.3 Å². The molecule has 0 spiro atoms.